The zero-order chi connectivity index (χ0) is 28.0. The minimum absolute atomic E-state index is 0.118. The van der Waals surface area contributed by atoms with Crippen LogP contribution in [0.2, 0.25) is 0 Å². The third-order valence-corrected chi connectivity index (χ3v) is 7.33. The van der Waals surface area contributed by atoms with Gasteiger partial charge in [-0.3, -0.25) is 9.69 Å². The van der Waals surface area contributed by atoms with Gasteiger partial charge in [-0.25, -0.2) is 14.8 Å². The summed E-state index contributed by atoms with van der Waals surface area (Å²) in [7, 11) is 3.93. The maximum atomic E-state index is 12.5. The van der Waals surface area contributed by atoms with E-state index in [1.165, 1.54) is 25.9 Å². The van der Waals surface area contributed by atoms with Crippen LogP contribution < -0.4 is 10.2 Å². The molecule has 10 nitrogen and oxygen atoms in total. The van der Waals surface area contributed by atoms with Crippen molar-refractivity contribution in [3.63, 3.8) is 0 Å². The van der Waals surface area contributed by atoms with E-state index in [1.807, 2.05) is 36.7 Å². The molecule has 1 aromatic heterocycles. The van der Waals surface area contributed by atoms with Crippen molar-refractivity contribution in [3.05, 3.63) is 42.2 Å². The van der Waals surface area contributed by atoms with Crippen molar-refractivity contribution in [1.29, 1.82) is 0 Å². The molecule has 2 saturated heterocycles. The van der Waals surface area contributed by atoms with Gasteiger partial charge in [-0.1, -0.05) is 18.2 Å². The molecule has 0 radical (unpaired) electrons. The lowest BCUT2D eigenvalue weighted by Gasteiger charge is -2.42. The molecule has 212 valence electrons. The molecular formula is C29H43N7O3. The molecule has 10 heteroatoms. The number of piperidine rings is 1. The Kier molecular flexibility index (Phi) is 9.40. The van der Waals surface area contributed by atoms with Crippen molar-refractivity contribution in [2.75, 3.05) is 64.8 Å². The highest BCUT2D eigenvalue weighted by Gasteiger charge is 2.27. The van der Waals surface area contributed by atoms with E-state index in [-0.39, 0.29) is 12.5 Å². The van der Waals surface area contributed by atoms with Gasteiger partial charge in [-0.2, -0.15) is 0 Å². The lowest BCUT2D eigenvalue weighted by molar-refractivity contribution is -0.129. The summed E-state index contributed by atoms with van der Waals surface area (Å²) in [5.74, 6) is 0.579. The highest BCUT2D eigenvalue weighted by molar-refractivity contribution is 5.82. The van der Waals surface area contributed by atoms with E-state index in [1.54, 1.807) is 32.7 Å². The van der Waals surface area contributed by atoms with Crippen molar-refractivity contribution < 1.29 is 14.3 Å². The number of anilines is 1. The Morgan fingerprint density at radius 3 is 2.33 bits per heavy atom. The summed E-state index contributed by atoms with van der Waals surface area (Å²) >= 11 is 0. The van der Waals surface area contributed by atoms with Crippen molar-refractivity contribution in [2.24, 2.45) is 0 Å². The monoisotopic (exact) mass is 537 g/mol. The maximum absolute atomic E-state index is 12.5. The third-order valence-electron chi connectivity index (χ3n) is 7.33. The first-order valence-electron chi connectivity index (χ1n) is 13.9. The minimum atomic E-state index is -0.608. The summed E-state index contributed by atoms with van der Waals surface area (Å²) < 4.78 is 5.19. The normalized spacial score (nSPS) is 17.6. The highest BCUT2D eigenvalue weighted by atomic mass is 16.6. The average Bonchev–Trinajstić information content (AvgIpc) is 2.91. The average molecular weight is 538 g/mol. The van der Waals surface area contributed by atoms with E-state index in [0.29, 0.717) is 12.6 Å². The van der Waals surface area contributed by atoms with Gasteiger partial charge < -0.3 is 24.8 Å². The lowest BCUT2D eigenvalue weighted by atomic mass is 10.0. The van der Waals surface area contributed by atoms with Crippen LogP contribution in [-0.2, 0) is 16.1 Å². The number of carbonyl (C=O) groups excluding carboxylic acids is 2. The molecule has 1 N–H and O–H groups in total. The van der Waals surface area contributed by atoms with Crippen LogP contribution in [-0.4, -0.2) is 108 Å². The first-order chi connectivity index (χ1) is 18.6. The predicted molar refractivity (Wildman–Crippen MR) is 152 cm³/mol. The summed E-state index contributed by atoms with van der Waals surface area (Å²) in [6.07, 6.45) is 5.67. The Hall–Kier alpha value is -3.24. The van der Waals surface area contributed by atoms with Gasteiger partial charge in [0.05, 0.1) is 0 Å². The Morgan fingerprint density at radius 2 is 1.69 bits per heavy atom. The number of nitrogens with zero attached hydrogens (tertiary/aromatic N) is 6. The van der Waals surface area contributed by atoms with E-state index in [4.69, 9.17) is 4.74 Å². The number of carbonyl (C=O) groups is 2. The Labute approximate surface area is 232 Å². The first kappa shape index (κ1) is 28.8. The number of nitrogens with one attached hydrogen (secondary N) is 1. The molecule has 1 aromatic carbocycles. The fourth-order valence-corrected chi connectivity index (χ4v) is 5.09. The first-order valence-corrected chi connectivity index (χ1v) is 13.9. The molecule has 4 rings (SSSR count). The molecule has 0 saturated carbocycles. The van der Waals surface area contributed by atoms with Gasteiger partial charge in [-0.15, -0.1) is 0 Å². The van der Waals surface area contributed by atoms with Crippen LogP contribution in [0, 0.1) is 0 Å². The number of hydrogen-bond donors (Lipinski definition) is 1. The van der Waals surface area contributed by atoms with Gasteiger partial charge in [0.15, 0.2) is 0 Å². The van der Waals surface area contributed by atoms with E-state index in [0.717, 1.165) is 48.8 Å². The number of benzene rings is 1. The SMILES string of the molecule is CN1CCC(N2CCN(c3ncc(-c4cccc(CN(C)C(=O)CNC(=O)OC(C)(C)C)c4)cn3)CC2)CC1. The molecule has 2 fully saturated rings. The van der Waals surface area contributed by atoms with Crippen LogP contribution in [0.4, 0.5) is 10.7 Å². The number of ether oxygens (including phenoxy) is 1. The highest BCUT2D eigenvalue weighted by Crippen LogP contribution is 2.23. The van der Waals surface area contributed by atoms with E-state index in [2.05, 4.69) is 37.0 Å². The maximum Gasteiger partial charge on any atom is 0.408 e. The van der Waals surface area contributed by atoms with Crippen LogP contribution in [0.5, 0.6) is 0 Å². The molecule has 3 heterocycles. The van der Waals surface area contributed by atoms with Crippen molar-refractivity contribution in [2.45, 2.75) is 51.8 Å². The predicted octanol–water partition coefficient (Wildman–Crippen LogP) is 2.84. The molecule has 2 aromatic rings. The molecule has 2 aliphatic rings. The second-order valence-electron chi connectivity index (χ2n) is 11.6. The minimum Gasteiger partial charge on any atom is -0.444 e. The third kappa shape index (κ3) is 8.37. The number of hydrogen-bond acceptors (Lipinski definition) is 8. The molecule has 2 aliphatic heterocycles. The summed E-state index contributed by atoms with van der Waals surface area (Å²) in [6.45, 7) is 12.0. The summed E-state index contributed by atoms with van der Waals surface area (Å²) in [6, 6.07) is 8.72. The Morgan fingerprint density at radius 1 is 1.03 bits per heavy atom. The molecule has 0 spiro atoms. The largest absolute Gasteiger partial charge is 0.444 e. The molecular weight excluding hydrogens is 494 g/mol. The van der Waals surface area contributed by atoms with Crippen LogP contribution >= 0.6 is 0 Å². The zero-order valence-electron chi connectivity index (χ0n) is 24.0. The molecule has 0 aliphatic carbocycles. The number of aromatic nitrogens is 2. The number of amides is 2. The smallest absolute Gasteiger partial charge is 0.408 e. The second-order valence-corrected chi connectivity index (χ2v) is 11.6. The Balaban J connectivity index is 1.28. The summed E-state index contributed by atoms with van der Waals surface area (Å²) in [5.41, 5.74) is 2.31. The van der Waals surface area contributed by atoms with Gasteiger partial charge in [0, 0.05) is 63.8 Å². The number of likely N-dealkylation sites (tertiary alicyclic amines) is 1. The summed E-state index contributed by atoms with van der Waals surface area (Å²) in [5, 5.41) is 2.52. The molecule has 0 bridgehead atoms. The fraction of sp³-hybridized carbons (Fsp3) is 0.586. The number of likely N-dealkylation sites (N-methyl/N-ethyl adjacent to an activating group) is 1. The second kappa shape index (κ2) is 12.7. The van der Waals surface area contributed by atoms with E-state index >= 15 is 0 Å². The van der Waals surface area contributed by atoms with Crippen LogP contribution in [0.3, 0.4) is 0 Å². The van der Waals surface area contributed by atoms with Gasteiger partial charge in [0.25, 0.3) is 0 Å². The van der Waals surface area contributed by atoms with Crippen molar-refractivity contribution in [1.82, 2.24) is 30.0 Å². The molecule has 0 atom stereocenters. The zero-order valence-corrected chi connectivity index (χ0v) is 24.0. The van der Waals surface area contributed by atoms with Crippen LogP contribution in [0.1, 0.15) is 39.2 Å². The van der Waals surface area contributed by atoms with Gasteiger partial charge in [-0.05, 0) is 70.9 Å². The van der Waals surface area contributed by atoms with Crippen LogP contribution in [0.25, 0.3) is 11.1 Å². The van der Waals surface area contributed by atoms with Crippen molar-refractivity contribution in [3.8, 4) is 11.1 Å². The lowest BCUT2D eigenvalue weighted by Crippen LogP contribution is -2.53. The Bertz CT molecular complexity index is 1100. The number of alkyl carbamates (subject to hydrolysis) is 1. The standard InChI is InChI=1S/C29H43N7O3/c1-29(2,3)39-28(38)32-20-26(37)34(5)21-22-7-6-8-23(17-22)24-18-30-27(31-19-24)36-15-13-35(14-16-36)25-9-11-33(4)12-10-25/h6-8,17-19,25H,9-16,20-21H2,1-5H3,(H,32,38). The van der Waals surface area contributed by atoms with Crippen molar-refractivity contribution >= 4 is 17.9 Å². The fourth-order valence-electron chi connectivity index (χ4n) is 5.09. The van der Waals surface area contributed by atoms with Gasteiger partial charge >= 0.3 is 6.09 Å². The summed E-state index contributed by atoms with van der Waals surface area (Å²) in [4.78, 5) is 42.6. The van der Waals surface area contributed by atoms with Gasteiger partial charge in [0.1, 0.15) is 12.1 Å². The topological polar surface area (TPSA) is 94.1 Å². The van der Waals surface area contributed by atoms with Crippen LogP contribution in [0.15, 0.2) is 36.7 Å². The van der Waals surface area contributed by atoms with Gasteiger partial charge in [0.2, 0.25) is 11.9 Å². The number of rotatable bonds is 7. The number of piperazine rings is 1. The molecule has 2 amide bonds. The van der Waals surface area contributed by atoms with E-state index < -0.39 is 11.7 Å². The molecule has 39 heavy (non-hydrogen) atoms. The quantitative estimate of drug-likeness (QED) is 0.576. The van der Waals surface area contributed by atoms with E-state index in [9.17, 15) is 9.59 Å². The molecule has 0 unspecified atom stereocenters.